The summed E-state index contributed by atoms with van der Waals surface area (Å²) in [6.45, 7) is 5.41. The van der Waals surface area contributed by atoms with E-state index in [9.17, 15) is 9.90 Å². The monoisotopic (exact) mass is 300 g/mol. The molecule has 0 aliphatic heterocycles. The van der Waals surface area contributed by atoms with Crippen LogP contribution in [-0.2, 0) is 9.53 Å². The lowest BCUT2D eigenvalue weighted by Gasteiger charge is -2.20. The SMILES string of the molecule is CC(C)(C)OC(=O)CC(O)c1cccc(Br)c1. The molecule has 0 spiro atoms. The number of hydrogen-bond acceptors (Lipinski definition) is 3. The molecule has 0 amide bonds. The lowest BCUT2D eigenvalue weighted by Crippen LogP contribution is -2.24. The topological polar surface area (TPSA) is 46.5 Å². The van der Waals surface area contributed by atoms with Crippen LogP contribution in [0.5, 0.6) is 0 Å². The van der Waals surface area contributed by atoms with Crippen LogP contribution in [0.1, 0.15) is 38.9 Å². The van der Waals surface area contributed by atoms with Gasteiger partial charge < -0.3 is 9.84 Å². The fraction of sp³-hybridized carbons (Fsp3) is 0.462. The summed E-state index contributed by atoms with van der Waals surface area (Å²) in [7, 11) is 0. The van der Waals surface area contributed by atoms with Crippen LogP contribution in [0.4, 0.5) is 0 Å². The molecule has 1 atom stereocenters. The highest BCUT2D eigenvalue weighted by molar-refractivity contribution is 9.10. The molecule has 0 aliphatic carbocycles. The maximum atomic E-state index is 11.5. The Labute approximate surface area is 110 Å². The van der Waals surface area contributed by atoms with Crippen LogP contribution >= 0.6 is 15.9 Å². The van der Waals surface area contributed by atoms with Gasteiger partial charge in [-0.25, -0.2) is 0 Å². The van der Waals surface area contributed by atoms with E-state index in [1.54, 1.807) is 32.9 Å². The Balaban J connectivity index is 2.61. The number of carbonyl (C=O) groups excluding carboxylic acids is 1. The van der Waals surface area contributed by atoms with Gasteiger partial charge in [0.15, 0.2) is 0 Å². The van der Waals surface area contributed by atoms with Gasteiger partial charge in [-0.15, -0.1) is 0 Å². The van der Waals surface area contributed by atoms with Gasteiger partial charge in [-0.05, 0) is 38.5 Å². The Morgan fingerprint density at radius 2 is 2.12 bits per heavy atom. The third-order valence-corrected chi connectivity index (χ3v) is 2.51. The Morgan fingerprint density at radius 3 is 2.65 bits per heavy atom. The molecule has 0 aliphatic rings. The third-order valence-electron chi connectivity index (χ3n) is 2.01. The van der Waals surface area contributed by atoms with Crippen molar-refractivity contribution in [3.05, 3.63) is 34.3 Å². The van der Waals surface area contributed by atoms with E-state index >= 15 is 0 Å². The van der Waals surface area contributed by atoms with Crippen LogP contribution in [0.2, 0.25) is 0 Å². The van der Waals surface area contributed by atoms with Gasteiger partial charge in [0.25, 0.3) is 0 Å². The fourth-order valence-corrected chi connectivity index (χ4v) is 1.79. The third kappa shape index (κ3) is 5.33. The minimum absolute atomic E-state index is 0.0340. The lowest BCUT2D eigenvalue weighted by atomic mass is 10.1. The van der Waals surface area contributed by atoms with Crippen LogP contribution in [0.25, 0.3) is 0 Å². The Morgan fingerprint density at radius 1 is 1.47 bits per heavy atom. The average Bonchev–Trinajstić information content (AvgIpc) is 2.14. The van der Waals surface area contributed by atoms with E-state index in [1.165, 1.54) is 0 Å². The normalized spacial score (nSPS) is 13.2. The maximum Gasteiger partial charge on any atom is 0.309 e. The van der Waals surface area contributed by atoms with E-state index in [2.05, 4.69) is 15.9 Å². The van der Waals surface area contributed by atoms with Crippen molar-refractivity contribution in [2.24, 2.45) is 0 Å². The van der Waals surface area contributed by atoms with Gasteiger partial charge >= 0.3 is 5.97 Å². The molecular weight excluding hydrogens is 284 g/mol. The molecule has 0 bridgehead atoms. The fourth-order valence-electron chi connectivity index (χ4n) is 1.37. The van der Waals surface area contributed by atoms with Crippen molar-refractivity contribution >= 4 is 21.9 Å². The molecule has 17 heavy (non-hydrogen) atoms. The smallest absolute Gasteiger partial charge is 0.309 e. The van der Waals surface area contributed by atoms with Crippen LogP contribution in [-0.4, -0.2) is 16.7 Å². The first-order chi connectivity index (χ1) is 7.78. The second-order valence-corrected chi connectivity index (χ2v) is 5.78. The lowest BCUT2D eigenvalue weighted by molar-refractivity contribution is -0.157. The molecule has 94 valence electrons. The molecule has 3 nitrogen and oxygen atoms in total. The summed E-state index contributed by atoms with van der Waals surface area (Å²) in [6.07, 6.45) is -0.865. The molecule has 1 aromatic carbocycles. The zero-order valence-electron chi connectivity index (χ0n) is 10.2. The largest absolute Gasteiger partial charge is 0.460 e. The van der Waals surface area contributed by atoms with Crippen molar-refractivity contribution in [2.75, 3.05) is 0 Å². The Kier molecular flexibility index (Phi) is 4.71. The summed E-state index contributed by atoms with van der Waals surface area (Å²) < 4.78 is 6.02. The number of hydrogen-bond donors (Lipinski definition) is 1. The zero-order valence-corrected chi connectivity index (χ0v) is 11.8. The number of aliphatic hydroxyl groups excluding tert-OH is 1. The van der Waals surface area contributed by atoms with Crippen molar-refractivity contribution in [1.29, 1.82) is 0 Å². The van der Waals surface area contributed by atoms with Crippen molar-refractivity contribution in [3.63, 3.8) is 0 Å². The van der Waals surface area contributed by atoms with Gasteiger partial charge in [0.1, 0.15) is 5.60 Å². The quantitative estimate of drug-likeness (QED) is 0.872. The van der Waals surface area contributed by atoms with E-state index in [0.717, 1.165) is 4.47 Å². The van der Waals surface area contributed by atoms with Gasteiger partial charge in [-0.1, -0.05) is 28.1 Å². The highest BCUT2D eigenvalue weighted by Crippen LogP contribution is 2.22. The number of esters is 1. The molecule has 0 saturated carbocycles. The minimum atomic E-state index is -0.831. The molecule has 0 saturated heterocycles. The predicted molar refractivity (Wildman–Crippen MR) is 69.6 cm³/mol. The first-order valence-electron chi connectivity index (χ1n) is 5.43. The van der Waals surface area contributed by atoms with Crippen molar-refractivity contribution in [1.82, 2.24) is 0 Å². The van der Waals surface area contributed by atoms with Crippen LogP contribution < -0.4 is 0 Å². The van der Waals surface area contributed by atoms with Gasteiger partial charge in [0.2, 0.25) is 0 Å². The molecule has 1 aromatic rings. The van der Waals surface area contributed by atoms with Gasteiger partial charge in [-0.3, -0.25) is 4.79 Å². The zero-order chi connectivity index (χ0) is 13.1. The standard InChI is InChI=1S/C13H17BrO3/c1-13(2,3)17-12(16)8-11(15)9-5-4-6-10(14)7-9/h4-7,11,15H,8H2,1-3H3. The first kappa shape index (κ1) is 14.2. The van der Waals surface area contributed by atoms with E-state index in [1.807, 2.05) is 12.1 Å². The molecule has 0 aromatic heterocycles. The van der Waals surface area contributed by atoms with E-state index in [0.29, 0.717) is 5.56 Å². The average molecular weight is 301 g/mol. The number of aliphatic hydroxyl groups is 1. The number of ether oxygens (including phenoxy) is 1. The van der Waals surface area contributed by atoms with Gasteiger partial charge in [0.05, 0.1) is 12.5 Å². The Hall–Kier alpha value is -0.870. The van der Waals surface area contributed by atoms with Crippen molar-refractivity contribution < 1.29 is 14.6 Å². The predicted octanol–water partition coefficient (Wildman–Crippen LogP) is 3.21. The number of carbonyl (C=O) groups is 1. The van der Waals surface area contributed by atoms with Crippen LogP contribution in [0.3, 0.4) is 0 Å². The number of rotatable bonds is 3. The molecule has 4 heteroatoms. The second kappa shape index (κ2) is 5.65. The summed E-state index contributed by atoms with van der Waals surface area (Å²) in [4.78, 5) is 11.5. The summed E-state index contributed by atoms with van der Waals surface area (Å²) in [5, 5.41) is 9.89. The van der Waals surface area contributed by atoms with E-state index in [4.69, 9.17) is 4.74 Å². The highest BCUT2D eigenvalue weighted by Gasteiger charge is 2.20. The van der Waals surface area contributed by atoms with Crippen LogP contribution in [0, 0.1) is 0 Å². The molecule has 0 fully saturated rings. The molecule has 1 unspecified atom stereocenters. The van der Waals surface area contributed by atoms with Crippen molar-refractivity contribution in [2.45, 2.75) is 38.9 Å². The minimum Gasteiger partial charge on any atom is -0.460 e. The molecule has 0 heterocycles. The number of benzene rings is 1. The van der Waals surface area contributed by atoms with Gasteiger partial charge in [0, 0.05) is 4.47 Å². The summed E-state index contributed by atoms with van der Waals surface area (Å²) in [5.74, 6) is -0.398. The summed E-state index contributed by atoms with van der Waals surface area (Å²) in [6, 6.07) is 7.25. The number of halogens is 1. The van der Waals surface area contributed by atoms with Crippen molar-refractivity contribution in [3.8, 4) is 0 Å². The molecule has 1 N–H and O–H groups in total. The molecule has 1 rings (SSSR count). The molecular formula is C13H17BrO3. The summed E-state index contributed by atoms with van der Waals surface area (Å²) >= 11 is 3.32. The van der Waals surface area contributed by atoms with E-state index < -0.39 is 17.7 Å². The molecule has 0 radical (unpaired) electrons. The first-order valence-corrected chi connectivity index (χ1v) is 6.22. The van der Waals surface area contributed by atoms with E-state index in [-0.39, 0.29) is 6.42 Å². The summed E-state index contributed by atoms with van der Waals surface area (Å²) in [5.41, 5.74) is 0.180. The van der Waals surface area contributed by atoms with Gasteiger partial charge in [-0.2, -0.15) is 0 Å². The second-order valence-electron chi connectivity index (χ2n) is 4.86. The maximum absolute atomic E-state index is 11.5. The van der Waals surface area contributed by atoms with Crippen LogP contribution in [0.15, 0.2) is 28.7 Å². The Bertz CT molecular complexity index is 396. The highest BCUT2D eigenvalue weighted by atomic mass is 79.9.